The van der Waals surface area contributed by atoms with Crippen LogP contribution in [-0.2, 0) is 25.8 Å². The first kappa shape index (κ1) is 23.5. The first-order valence-electron chi connectivity index (χ1n) is 10.2. The lowest BCUT2D eigenvalue weighted by atomic mass is 9.77. The van der Waals surface area contributed by atoms with Crippen molar-refractivity contribution in [2.75, 3.05) is 44.3 Å². The Labute approximate surface area is 189 Å². The molecule has 0 spiro atoms. The van der Waals surface area contributed by atoms with Crippen LogP contribution in [0.1, 0.15) is 25.0 Å². The van der Waals surface area contributed by atoms with Gasteiger partial charge in [0.2, 0.25) is 0 Å². The number of halogens is 3. The van der Waals surface area contributed by atoms with Gasteiger partial charge in [-0.2, -0.15) is 17.5 Å². The number of ether oxygens (including phenoxy) is 1. The van der Waals surface area contributed by atoms with Crippen LogP contribution >= 0.6 is 11.3 Å². The van der Waals surface area contributed by atoms with E-state index in [1.54, 1.807) is 23.6 Å². The molecule has 0 radical (unpaired) electrons. The Hall–Kier alpha value is -1.66. The molecule has 176 valence electrons. The fraction of sp³-hybridized carbons (Fsp3) is 0.524. The van der Waals surface area contributed by atoms with Crippen LogP contribution in [0.4, 0.5) is 18.9 Å². The highest BCUT2D eigenvalue weighted by Crippen LogP contribution is 2.44. The number of anilines is 1. The van der Waals surface area contributed by atoms with E-state index < -0.39 is 27.2 Å². The summed E-state index contributed by atoms with van der Waals surface area (Å²) in [4.78, 5) is 1.99. The van der Waals surface area contributed by atoms with Gasteiger partial charge in [0, 0.05) is 37.3 Å². The number of nitrogens with zero attached hydrogens (tertiary/aromatic N) is 2. The summed E-state index contributed by atoms with van der Waals surface area (Å²) in [6.45, 7) is 4.75. The topological polar surface area (TPSA) is 70.1 Å². The van der Waals surface area contributed by atoms with Crippen molar-refractivity contribution in [3.8, 4) is 0 Å². The number of hydrogen-bond acceptors (Lipinski definition) is 6. The van der Waals surface area contributed by atoms with E-state index in [0.29, 0.717) is 36.1 Å². The van der Waals surface area contributed by atoms with Gasteiger partial charge in [-0.15, -0.1) is 11.3 Å². The molecule has 1 aromatic heterocycles. The normalized spacial score (nSPS) is 21.8. The molecule has 1 N–H and O–H groups in total. The van der Waals surface area contributed by atoms with Gasteiger partial charge < -0.3 is 14.7 Å². The average Bonchev–Trinajstić information content (AvgIpc) is 3.27. The lowest BCUT2D eigenvalue weighted by molar-refractivity contribution is -0.258. The van der Waals surface area contributed by atoms with Gasteiger partial charge in [-0.25, -0.2) is 8.42 Å². The van der Waals surface area contributed by atoms with Crippen molar-refractivity contribution in [1.29, 1.82) is 0 Å². The standard InChI is InChI=1S/C21H25F3N2O4S2/c1-19(13-30-14-19)16-12-15(20(2,27)21(22,23)24)5-6-17(16)25-7-9-26(10-8-25)32(28,29)18-4-3-11-31-18/h3-6,11-12,27H,7-10,13-14H2,1-2H3. The summed E-state index contributed by atoms with van der Waals surface area (Å²) in [7, 11) is -3.55. The second-order valence-corrected chi connectivity index (χ2v) is 11.8. The average molecular weight is 491 g/mol. The number of benzene rings is 1. The Morgan fingerprint density at radius 1 is 1.12 bits per heavy atom. The number of thiophene rings is 1. The number of piperazine rings is 1. The van der Waals surface area contributed by atoms with E-state index in [1.165, 1.54) is 27.8 Å². The molecule has 3 heterocycles. The zero-order chi connectivity index (χ0) is 23.4. The molecule has 4 rings (SSSR count). The van der Waals surface area contributed by atoms with E-state index in [2.05, 4.69) is 0 Å². The highest BCUT2D eigenvalue weighted by molar-refractivity contribution is 7.91. The second kappa shape index (κ2) is 7.98. The fourth-order valence-electron chi connectivity index (χ4n) is 4.03. The van der Waals surface area contributed by atoms with E-state index >= 15 is 0 Å². The highest BCUT2D eigenvalue weighted by Gasteiger charge is 2.52. The maximum absolute atomic E-state index is 13.4. The lowest BCUT2D eigenvalue weighted by Crippen LogP contribution is -2.50. The highest BCUT2D eigenvalue weighted by atomic mass is 32.2. The summed E-state index contributed by atoms with van der Waals surface area (Å²) < 4.78 is 72.9. The van der Waals surface area contributed by atoms with E-state index in [4.69, 9.17) is 4.74 Å². The van der Waals surface area contributed by atoms with Crippen LogP contribution in [0.15, 0.2) is 39.9 Å². The third-order valence-corrected chi connectivity index (χ3v) is 9.54. The Kier molecular flexibility index (Phi) is 5.86. The third-order valence-electron chi connectivity index (χ3n) is 6.27. The molecule has 0 aliphatic carbocycles. The molecule has 1 aromatic carbocycles. The van der Waals surface area contributed by atoms with E-state index in [9.17, 15) is 26.7 Å². The number of hydrogen-bond donors (Lipinski definition) is 1. The molecule has 32 heavy (non-hydrogen) atoms. The molecular formula is C21H25F3N2O4S2. The van der Waals surface area contributed by atoms with Gasteiger partial charge in [-0.05, 0) is 41.6 Å². The van der Waals surface area contributed by atoms with E-state index in [1.807, 2.05) is 11.8 Å². The number of aliphatic hydroxyl groups is 1. The van der Waals surface area contributed by atoms with Crippen molar-refractivity contribution in [2.45, 2.75) is 35.2 Å². The molecule has 2 aliphatic heterocycles. The van der Waals surface area contributed by atoms with Crippen LogP contribution in [0.3, 0.4) is 0 Å². The molecule has 2 saturated heterocycles. The monoisotopic (exact) mass is 490 g/mol. The first-order chi connectivity index (χ1) is 14.9. The Morgan fingerprint density at radius 3 is 2.28 bits per heavy atom. The van der Waals surface area contributed by atoms with Crippen LogP contribution in [0, 0.1) is 0 Å². The largest absolute Gasteiger partial charge is 0.421 e. The van der Waals surface area contributed by atoms with Gasteiger partial charge in [0.25, 0.3) is 10.0 Å². The molecule has 0 bridgehead atoms. The summed E-state index contributed by atoms with van der Waals surface area (Å²) in [6, 6.07) is 7.58. The maximum atomic E-state index is 13.4. The molecule has 0 saturated carbocycles. The molecule has 1 atom stereocenters. The number of sulfonamides is 1. The first-order valence-corrected chi connectivity index (χ1v) is 12.5. The zero-order valence-electron chi connectivity index (χ0n) is 17.7. The summed E-state index contributed by atoms with van der Waals surface area (Å²) in [5.74, 6) is 0. The van der Waals surface area contributed by atoms with Crippen molar-refractivity contribution >= 4 is 27.0 Å². The minimum absolute atomic E-state index is 0.226. The van der Waals surface area contributed by atoms with Crippen LogP contribution < -0.4 is 4.90 Å². The minimum Gasteiger partial charge on any atom is -0.379 e. The van der Waals surface area contributed by atoms with Crippen LogP contribution in [-0.4, -0.2) is 63.4 Å². The Balaban J connectivity index is 1.62. The van der Waals surface area contributed by atoms with Gasteiger partial charge in [-0.1, -0.05) is 19.1 Å². The minimum atomic E-state index is -4.81. The smallest absolute Gasteiger partial charge is 0.379 e. The van der Waals surface area contributed by atoms with Crippen LogP contribution in [0.5, 0.6) is 0 Å². The molecule has 1 unspecified atom stereocenters. The Morgan fingerprint density at radius 2 is 1.78 bits per heavy atom. The molecule has 2 fully saturated rings. The SMILES string of the molecule is CC1(c2cc(C(C)(O)C(F)(F)F)ccc2N2CCN(S(=O)(=O)c3cccs3)CC2)COC1. The zero-order valence-corrected chi connectivity index (χ0v) is 19.4. The van der Waals surface area contributed by atoms with E-state index in [0.717, 1.165) is 12.6 Å². The van der Waals surface area contributed by atoms with Crippen molar-refractivity contribution < 1.29 is 31.4 Å². The third kappa shape index (κ3) is 3.94. The molecule has 2 aromatic rings. The molecular weight excluding hydrogens is 465 g/mol. The molecule has 2 aliphatic rings. The van der Waals surface area contributed by atoms with Crippen molar-refractivity contribution in [3.63, 3.8) is 0 Å². The van der Waals surface area contributed by atoms with Gasteiger partial charge >= 0.3 is 6.18 Å². The molecule has 11 heteroatoms. The predicted molar refractivity (Wildman–Crippen MR) is 116 cm³/mol. The van der Waals surface area contributed by atoms with Crippen molar-refractivity contribution in [1.82, 2.24) is 4.31 Å². The molecule has 6 nitrogen and oxygen atoms in total. The quantitative estimate of drug-likeness (QED) is 0.697. The van der Waals surface area contributed by atoms with E-state index in [-0.39, 0.29) is 18.7 Å². The summed E-state index contributed by atoms with van der Waals surface area (Å²) in [6.07, 6.45) is -4.81. The fourth-order valence-corrected chi connectivity index (χ4v) is 6.60. The number of alkyl halides is 3. The summed E-state index contributed by atoms with van der Waals surface area (Å²) in [5, 5.41) is 11.9. The van der Waals surface area contributed by atoms with Crippen molar-refractivity contribution in [3.05, 3.63) is 46.8 Å². The predicted octanol–water partition coefficient (Wildman–Crippen LogP) is 3.32. The van der Waals surface area contributed by atoms with Crippen LogP contribution in [0.2, 0.25) is 0 Å². The summed E-state index contributed by atoms with van der Waals surface area (Å²) in [5.41, 5.74) is -2.27. The van der Waals surface area contributed by atoms with Crippen LogP contribution in [0.25, 0.3) is 0 Å². The lowest BCUT2D eigenvalue weighted by Gasteiger charge is -2.44. The van der Waals surface area contributed by atoms with Gasteiger partial charge in [0.1, 0.15) is 4.21 Å². The summed E-state index contributed by atoms with van der Waals surface area (Å²) >= 11 is 1.17. The maximum Gasteiger partial charge on any atom is 0.421 e. The van der Waals surface area contributed by atoms with Gasteiger partial charge in [0.05, 0.1) is 13.2 Å². The Bertz CT molecular complexity index is 1070. The molecule has 0 amide bonds. The van der Waals surface area contributed by atoms with Gasteiger partial charge in [-0.3, -0.25) is 0 Å². The van der Waals surface area contributed by atoms with Gasteiger partial charge in [0.15, 0.2) is 5.60 Å². The second-order valence-electron chi connectivity index (χ2n) is 8.68. The number of rotatable bonds is 5. The van der Waals surface area contributed by atoms with Crippen molar-refractivity contribution in [2.24, 2.45) is 0 Å².